The van der Waals surface area contributed by atoms with Crippen LogP contribution in [0.15, 0.2) is 42.7 Å². The van der Waals surface area contributed by atoms with Crippen LogP contribution in [-0.4, -0.2) is 41.5 Å². The summed E-state index contributed by atoms with van der Waals surface area (Å²) in [4.78, 5) is 12.0. The van der Waals surface area contributed by atoms with E-state index < -0.39 is 0 Å². The monoisotopic (exact) mass is 286 g/mol. The van der Waals surface area contributed by atoms with Crippen LogP contribution in [0.5, 0.6) is 0 Å². The first-order chi connectivity index (χ1) is 10.3. The van der Waals surface area contributed by atoms with Gasteiger partial charge in [0.25, 0.3) is 0 Å². The van der Waals surface area contributed by atoms with Crippen molar-refractivity contribution in [3.63, 3.8) is 0 Å². The summed E-state index contributed by atoms with van der Waals surface area (Å²) < 4.78 is 7.08. The summed E-state index contributed by atoms with van der Waals surface area (Å²) in [5.74, 6) is -0.0224. The molecule has 21 heavy (non-hydrogen) atoms. The number of morpholine rings is 1. The zero-order chi connectivity index (χ0) is 14.5. The predicted octanol–water partition coefficient (Wildman–Crippen LogP) is 0.477. The van der Waals surface area contributed by atoms with Crippen molar-refractivity contribution < 1.29 is 9.53 Å². The minimum atomic E-state index is -0.248. The second-order valence-electron chi connectivity index (χ2n) is 4.92. The van der Waals surface area contributed by atoms with Gasteiger partial charge in [-0.3, -0.25) is 4.79 Å². The number of ether oxygens (including phenoxy) is 1. The number of rotatable bonds is 4. The van der Waals surface area contributed by atoms with Gasteiger partial charge in [0.1, 0.15) is 6.04 Å². The van der Waals surface area contributed by atoms with Crippen molar-refractivity contribution in [3.05, 3.63) is 48.3 Å². The van der Waals surface area contributed by atoms with Gasteiger partial charge in [0.05, 0.1) is 18.9 Å². The number of hydrogen-bond donors (Lipinski definition) is 2. The third-order valence-corrected chi connectivity index (χ3v) is 3.41. The minimum Gasteiger partial charge on any atom is -0.378 e. The quantitative estimate of drug-likeness (QED) is 0.857. The van der Waals surface area contributed by atoms with Crippen LogP contribution < -0.4 is 10.6 Å². The standard InChI is InChI=1S/C15H18N4O2/c20-15(14-11-21-9-7-16-14)17-10-12-2-4-13(5-3-12)19-8-1-6-18-19/h1-6,8,14,16H,7,9-11H2,(H,17,20)/t14-/m1/s1. The molecule has 0 radical (unpaired) electrons. The first kappa shape index (κ1) is 13.8. The van der Waals surface area contributed by atoms with E-state index in [1.54, 1.807) is 10.9 Å². The average molecular weight is 286 g/mol. The third-order valence-electron chi connectivity index (χ3n) is 3.41. The molecule has 1 fully saturated rings. The molecule has 6 heteroatoms. The van der Waals surface area contributed by atoms with Crippen molar-refractivity contribution in [2.45, 2.75) is 12.6 Å². The maximum atomic E-state index is 12.0. The molecule has 2 aromatic rings. The number of benzene rings is 1. The van der Waals surface area contributed by atoms with Crippen LogP contribution in [0, 0.1) is 0 Å². The summed E-state index contributed by atoms with van der Waals surface area (Å²) in [6.07, 6.45) is 3.64. The molecular formula is C15H18N4O2. The second-order valence-corrected chi connectivity index (χ2v) is 4.92. The van der Waals surface area contributed by atoms with Gasteiger partial charge >= 0.3 is 0 Å². The lowest BCUT2D eigenvalue weighted by Gasteiger charge is -2.22. The van der Waals surface area contributed by atoms with Crippen molar-refractivity contribution in [2.75, 3.05) is 19.8 Å². The number of carbonyl (C=O) groups is 1. The Labute approximate surface area is 123 Å². The van der Waals surface area contributed by atoms with E-state index in [2.05, 4.69) is 15.7 Å². The Kier molecular flexibility index (Phi) is 4.28. The molecule has 0 saturated carbocycles. The van der Waals surface area contributed by atoms with Gasteiger partial charge in [-0.1, -0.05) is 12.1 Å². The van der Waals surface area contributed by atoms with Gasteiger partial charge in [-0.15, -0.1) is 0 Å². The first-order valence-electron chi connectivity index (χ1n) is 7.01. The van der Waals surface area contributed by atoms with Crippen LogP contribution >= 0.6 is 0 Å². The SMILES string of the molecule is O=C(NCc1ccc(-n2cccn2)cc1)[C@H]1COCCN1. The molecule has 1 aromatic carbocycles. The molecular weight excluding hydrogens is 268 g/mol. The summed E-state index contributed by atoms with van der Waals surface area (Å²) in [6, 6.07) is 9.58. The molecule has 2 heterocycles. The maximum Gasteiger partial charge on any atom is 0.239 e. The summed E-state index contributed by atoms with van der Waals surface area (Å²) in [5, 5.41) is 10.2. The number of nitrogens with zero attached hydrogens (tertiary/aromatic N) is 2. The fraction of sp³-hybridized carbons (Fsp3) is 0.333. The van der Waals surface area contributed by atoms with Gasteiger partial charge in [-0.2, -0.15) is 5.10 Å². The largest absolute Gasteiger partial charge is 0.378 e. The summed E-state index contributed by atoms with van der Waals surface area (Å²) in [6.45, 7) is 2.33. The molecule has 0 aliphatic carbocycles. The van der Waals surface area contributed by atoms with Crippen LogP contribution in [0.4, 0.5) is 0 Å². The number of aromatic nitrogens is 2. The normalized spacial score (nSPS) is 18.4. The van der Waals surface area contributed by atoms with Crippen LogP contribution in [0.3, 0.4) is 0 Å². The first-order valence-corrected chi connectivity index (χ1v) is 7.01. The van der Waals surface area contributed by atoms with Gasteiger partial charge in [-0.25, -0.2) is 4.68 Å². The zero-order valence-corrected chi connectivity index (χ0v) is 11.7. The highest BCUT2D eigenvalue weighted by Gasteiger charge is 2.20. The Hall–Kier alpha value is -2.18. The molecule has 0 bridgehead atoms. The van der Waals surface area contributed by atoms with Crippen molar-refractivity contribution in [1.82, 2.24) is 20.4 Å². The molecule has 0 spiro atoms. The van der Waals surface area contributed by atoms with E-state index in [0.29, 0.717) is 19.8 Å². The summed E-state index contributed by atoms with van der Waals surface area (Å²) >= 11 is 0. The van der Waals surface area contributed by atoms with Crippen molar-refractivity contribution in [2.24, 2.45) is 0 Å². The number of carbonyl (C=O) groups excluding carboxylic acids is 1. The van der Waals surface area contributed by atoms with Crippen molar-refractivity contribution >= 4 is 5.91 Å². The number of nitrogens with one attached hydrogen (secondary N) is 2. The Bertz CT molecular complexity index is 574. The topological polar surface area (TPSA) is 68.2 Å². The maximum absolute atomic E-state index is 12.0. The molecule has 1 aliphatic heterocycles. The molecule has 1 saturated heterocycles. The van der Waals surface area contributed by atoms with Crippen LogP contribution in [-0.2, 0) is 16.1 Å². The Balaban J connectivity index is 1.54. The molecule has 110 valence electrons. The van der Waals surface area contributed by atoms with E-state index in [-0.39, 0.29) is 11.9 Å². The van der Waals surface area contributed by atoms with Gasteiger partial charge in [0.15, 0.2) is 0 Å². The predicted molar refractivity (Wildman–Crippen MR) is 78.0 cm³/mol. The van der Waals surface area contributed by atoms with Crippen LogP contribution in [0.1, 0.15) is 5.56 Å². The van der Waals surface area contributed by atoms with Gasteiger partial charge in [-0.05, 0) is 23.8 Å². The molecule has 0 unspecified atom stereocenters. The molecule has 1 aromatic heterocycles. The van der Waals surface area contributed by atoms with E-state index in [0.717, 1.165) is 17.8 Å². The lowest BCUT2D eigenvalue weighted by atomic mass is 10.2. The lowest BCUT2D eigenvalue weighted by Crippen LogP contribution is -2.51. The third kappa shape index (κ3) is 3.48. The van der Waals surface area contributed by atoms with Crippen LogP contribution in [0.2, 0.25) is 0 Å². The van der Waals surface area contributed by atoms with E-state index in [4.69, 9.17) is 4.74 Å². The van der Waals surface area contributed by atoms with E-state index in [1.807, 2.05) is 36.5 Å². The average Bonchev–Trinajstić information content (AvgIpc) is 3.08. The molecule has 6 nitrogen and oxygen atoms in total. The smallest absolute Gasteiger partial charge is 0.239 e. The number of amides is 1. The van der Waals surface area contributed by atoms with Gasteiger partial charge < -0.3 is 15.4 Å². The van der Waals surface area contributed by atoms with Gasteiger partial charge in [0, 0.05) is 25.5 Å². The molecule has 1 aliphatic rings. The fourth-order valence-electron chi connectivity index (χ4n) is 2.23. The van der Waals surface area contributed by atoms with Crippen molar-refractivity contribution in [1.29, 1.82) is 0 Å². The zero-order valence-electron chi connectivity index (χ0n) is 11.7. The van der Waals surface area contributed by atoms with Crippen LogP contribution in [0.25, 0.3) is 5.69 Å². The molecule has 3 rings (SSSR count). The molecule has 2 N–H and O–H groups in total. The van der Waals surface area contributed by atoms with E-state index >= 15 is 0 Å². The summed E-state index contributed by atoms with van der Waals surface area (Å²) in [5.41, 5.74) is 2.05. The Morgan fingerprint density at radius 1 is 1.43 bits per heavy atom. The molecule has 1 atom stereocenters. The Morgan fingerprint density at radius 2 is 2.29 bits per heavy atom. The highest BCUT2D eigenvalue weighted by Crippen LogP contribution is 2.08. The second kappa shape index (κ2) is 6.51. The van der Waals surface area contributed by atoms with Gasteiger partial charge in [0.2, 0.25) is 5.91 Å². The highest BCUT2D eigenvalue weighted by molar-refractivity contribution is 5.81. The van der Waals surface area contributed by atoms with E-state index in [1.165, 1.54) is 0 Å². The highest BCUT2D eigenvalue weighted by atomic mass is 16.5. The summed E-state index contributed by atoms with van der Waals surface area (Å²) in [7, 11) is 0. The Morgan fingerprint density at radius 3 is 2.95 bits per heavy atom. The minimum absolute atomic E-state index is 0.0224. The van der Waals surface area contributed by atoms with Crippen molar-refractivity contribution in [3.8, 4) is 5.69 Å². The molecule has 1 amide bonds. The van der Waals surface area contributed by atoms with E-state index in [9.17, 15) is 4.79 Å². The fourth-order valence-corrected chi connectivity index (χ4v) is 2.23. The lowest BCUT2D eigenvalue weighted by molar-refractivity contribution is -0.126. The number of hydrogen-bond acceptors (Lipinski definition) is 4.